The number of rotatable bonds is 7. The van der Waals surface area contributed by atoms with E-state index < -0.39 is 12.0 Å². The average Bonchev–Trinajstić information content (AvgIpc) is 2.50. The van der Waals surface area contributed by atoms with Gasteiger partial charge in [-0.1, -0.05) is 26.8 Å². The molecule has 0 bridgehead atoms. The number of methoxy groups -OCH3 is 1. The average molecular weight is 321 g/mol. The highest BCUT2D eigenvalue weighted by Gasteiger charge is 2.26. The normalized spacial score (nSPS) is 12.6. The third-order valence-corrected chi connectivity index (χ3v) is 3.67. The van der Waals surface area contributed by atoms with Crippen molar-refractivity contribution in [2.45, 2.75) is 45.6 Å². The number of carbonyl (C=O) groups is 2. The van der Waals surface area contributed by atoms with Crippen LogP contribution in [0.2, 0.25) is 0 Å². The highest BCUT2D eigenvalue weighted by molar-refractivity contribution is 6.04. The van der Waals surface area contributed by atoms with Crippen molar-refractivity contribution in [2.75, 3.05) is 20.8 Å². The van der Waals surface area contributed by atoms with Crippen LogP contribution in [-0.4, -0.2) is 38.6 Å². The lowest BCUT2D eigenvalue weighted by Crippen LogP contribution is -2.37. The number of Topliss-reactive ketones (excluding diaryl/α,β-unsaturated/α-hetero) is 1. The van der Waals surface area contributed by atoms with Crippen LogP contribution in [-0.2, 0) is 14.9 Å². The second-order valence-corrected chi connectivity index (χ2v) is 6.38. The molecule has 0 saturated carbocycles. The molecule has 0 saturated heterocycles. The van der Waals surface area contributed by atoms with Crippen molar-refractivity contribution in [3.63, 3.8) is 0 Å². The minimum Gasteiger partial charge on any atom is -0.496 e. The topological polar surface area (TPSA) is 64.6 Å². The van der Waals surface area contributed by atoms with Gasteiger partial charge in [0.2, 0.25) is 0 Å². The Balaban J connectivity index is 3.15. The summed E-state index contributed by atoms with van der Waals surface area (Å²) in [6.45, 7) is 8.28. The van der Waals surface area contributed by atoms with Crippen LogP contribution in [0, 0.1) is 0 Å². The molecule has 5 heteroatoms. The Morgan fingerprint density at radius 1 is 1.26 bits per heavy atom. The molecular weight excluding hydrogens is 294 g/mol. The first kappa shape index (κ1) is 19.2. The van der Waals surface area contributed by atoms with Gasteiger partial charge in [-0.25, -0.2) is 0 Å². The predicted molar refractivity (Wildman–Crippen MR) is 90.1 cm³/mol. The van der Waals surface area contributed by atoms with Gasteiger partial charge in [0.25, 0.3) is 0 Å². The van der Waals surface area contributed by atoms with E-state index in [1.807, 2.05) is 12.1 Å². The maximum atomic E-state index is 12.8. The summed E-state index contributed by atoms with van der Waals surface area (Å²) < 4.78 is 10.2. The lowest BCUT2D eigenvalue weighted by Gasteiger charge is -2.22. The van der Waals surface area contributed by atoms with Gasteiger partial charge >= 0.3 is 5.97 Å². The zero-order chi connectivity index (χ0) is 17.6. The van der Waals surface area contributed by atoms with E-state index >= 15 is 0 Å². The maximum Gasteiger partial charge on any atom is 0.307 e. The van der Waals surface area contributed by atoms with Gasteiger partial charge in [0.15, 0.2) is 5.78 Å². The molecule has 128 valence electrons. The third-order valence-electron chi connectivity index (χ3n) is 3.67. The summed E-state index contributed by atoms with van der Waals surface area (Å²) in [6, 6.07) is 4.95. The number of benzene rings is 1. The van der Waals surface area contributed by atoms with Crippen molar-refractivity contribution >= 4 is 11.8 Å². The molecule has 1 rings (SSSR count). The molecule has 0 amide bonds. The Morgan fingerprint density at radius 2 is 1.91 bits per heavy atom. The molecule has 0 aliphatic heterocycles. The summed E-state index contributed by atoms with van der Waals surface area (Å²) in [5, 5.41) is 2.89. The molecule has 0 aromatic heterocycles. The summed E-state index contributed by atoms with van der Waals surface area (Å²) in [7, 11) is 3.19. The van der Waals surface area contributed by atoms with Crippen LogP contribution in [0.25, 0.3) is 0 Å². The zero-order valence-corrected chi connectivity index (χ0v) is 14.9. The first-order chi connectivity index (χ1) is 10.7. The first-order valence-electron chi connectivity index (χ1n) is 7.80. The summed E-state index contributed by atoms with van der Waals surface area (Å²) in [6.07, 6.45) is -0.00786. The minimum atomic E-state index is -0.641. The maximum absolute atomic E-state index is 12.8. The van der Waals surface area contributed by atoms with E-state index in [0.29, 0.717) is 17.9 Å². The third kappa shape index (κ3) is 5.06. The molecule has 1 atom stereocenters. The Morgan fingerprint density at radius 3 is 2.39 bits per heavy atom. The van der Waals surface area contributed by atoms with Gasteiger partial charge in [-0.2, -0.15) is 0 Å². The molecule has 0 aliphatic rings. The molecule has 0 spiro atoms. The Hall–Kier alpha value is -1.88. The molecule has 0 radical (unpaired) electrons. The van der Waals surface area contributed by atoms with Crippen LogP contribution in [0.5, 0.6) is 5.75 Å². The van der Waals surface area contributed by atoms with Gasteiger partial charge in [-0.15, -0.1) is 0 Å². The van der Waals surface area contributed by atoms with Gasteiger partial charge in [0.1, 0.15) is 5.75 Å². The van der Waals surface area contributed by atoms with E-state index in [2.05, 4.69) is 26.1 Å². The number of carbonyl (C=O) groups excluding carboxylic acids is 2. The van der Waals surface area contributed by atoms with E-state index in [0.717, 1.165) is 5.56 Å². The fourth-order valence-corrected chi connectivity index (χ4v) is 2.27. The van der Waals surface area contributed by atoms with Crippen LogP contribution in [0.1, 0.15) is 50.0 Å². The number of hydrogen-bond acceptors (Lipinski definition) is 5. The van der Waals surface area contributed by atoms with Gasteiger partial charge in [-0.05, 0) is 37.1 Å². The van der Waals surface area contributed by atoms with E-state index in [9.17, 15) is 9.59 Å². The van der Waals surface area contributed by atoms with Crippen molar-refractivity contribution in [1.82, 2.24) is 5.32 Å². The fraction of sp³-hybridized carbons (Fsp3) is 0.556. The van der Waals surface area contributed by atoms with Crippen molar-refractivity contribution in [2.24, 2.45) is 0 Å². The number of ether oxygens (including phenoxy) is 2. The largest absolute Gasteiger partial charge is 0.496 e. The number of esters is 1. The minimum absolute atomic E-state index is 0.00786. The molecule has 0 aliphatic carbocycles. The lowest BCUT2D eigenvalue weighted by molar-refractivity contribution is -0.143. The van der Waals surface area contributed by atoms with Gasteiger partial charge < -0.3 is 14.8 Å². The number of likely N-dealkylation sites (N-methyl/N-ethyl adjacent to an activating group) is 1. The van der Waals surface area contributed by atoms with Crippen molar-refractivity contribution in [3.05, 3.63) is 29.3 Å². The second kappa shape index (κ2) is 8.11. The number of nitrogens with one attached hydrogen (secondary N) is 1. The van der Waals surface area contributed by atoms with Gasteiger partial charge in [0, 0.05) is 0 Å². The Kier molecular flexibility index (Phi) is 6.76. The standard InChI is InChI=1S/C18H27NO4/c1-7-23-16(20)11-14(19-5)17(21)13-10-12(18(2,3)4)8-9-15(13)22-6/h8-10,14,19H,7,11H2,1-6H3. The molecule has 0 fully saturated rings. The first-order valence-corrected chi connectivity index (χ1v) is 7.80. The van der Waals surface area contributed by atoms with Gasteiger partial charge in [-0.3, -0.25) is 9.59 Å². The fourth-order valence-electron chi connectivity index (χ4n) is 2.27. The molecular formula is C18H27NO4. The van der Waals surface area contributed by atoms with Crippen LogP contribution >= 0.6 is 0 Å². The molecule has 5 nitrogen and oxygen atoms in total. The van der Waals surface area contributed by atoms with E-state index in [4.69, 9.17) is 9.47 Å². The van der Waals surface area contributed by atoms with E-state index in [-0.39, 0.29) is 17.6 Å². The quantitative estimate of drug-likeness (QED) is 0.618. The molecule has 1 aromatic carbocycles. The molecule has 0 heterocycles. The predicted octanol–water partition coefficient (Wildman–Crippen LogP) is 2.72. The number of hydrogen-bond donors (Lipinski definition) is 1. The molecule has 1 aromatic rings. The zero-order valence-electron chi connectivity index (χ0n) is 14.9. The van der Waals surface area contributed by atoms with E-state index in [1.165, 1.54) is 7.11 Å². The van der Waals surface area contributed by atoms with Crippen molar-refractivity contribution in [1.29, 1.82) is 0 Å². The summed E-state index contributed by atoms with van der Waals surface area (Å²) in [5.41, 5.74) is 1.42. The van der Waals surface area contributed by atoms with Crippen LogP contribution in [0.15, 0.2) is 18.2 Å². The Labute approximate surface area is 138 Å². The SMILES string of the molecule is CCOC(=O)CC(NC)C(=O)c1cc(C(C)(C)C)ccc1OC. The lowest BCUT2D eigenvalue weighted by atomic mass is 9.85. The summed E-state index contributed by atoms with van der Waals surface area (Å²) in [4.78, 5) is 24.5. The highest BCUT2D eigenvalue weighted by Crippen LogP contribution is 2.29. The van der Waals surface area contributed by atoms with Crippen molar-refractivity contribution in [3.8, 4) is 5.75 Å². The summed E-state index contributed by atoms with van der Waals surface area (Å²) in [5.74, 6) is -0.0678. The van der Waals surface area contributed by atoms with Crippen LogP contribution in [0.3, 0.4) is 0 Å². The molecule has 1 N–H and O–H groups in total. The molecule has 1 unspecified atom stereocenters. The Bertz CT molecular complexity index is 561. The summed E-state index contributed by atoms with van der Waals surface area (Å²) >= 11 is 0. The smallest absolute Gasteiger partial charge is 0.307 e. The van der Waals surface area contributed by atoms with E-state index in [1.54, 1.807) is 20.0 Å². The van der Waals surface area contributed by atoms with Crippen molar-refractivity contribution < 1.29 is 19.1 Å². The van der Waals surface area contributed by atoms with Crippen LogP contribution in [0.4, 0.5) is 0 Å². The second-order valence-electron chi connectivity index (χ2n) is 6.38. The number of ketones is 1. The van der Waals surface area contributed by atoms with Gasteiger partial charge in [0.05, 0.1) is 31.7 Å². The van der Waals surface area contributed by atoms with Crippen LogP contribution < -0.4 is 10.1 Å². The molecule has 23 heavy (non-hydrogen) atoms. The highest BCUT2D eigenvalue weighted by atomic mass is 16.5. The monoisotopic (exact) mass is 321 g/mol.